The molecule has 0 bridgehead atoms. The van der Waals surface area contributed by atoms with E-state index >= 15 is 0 Å². The van der Waals surface area contributed by atoms with Crippen LogP contribution in [0.3, 0.4) is 0 Å². The van der Waals surface area contributed by atoms with E-state index in [4.69, 9.17) is 4.42 Å². The van der Waals surface area contributed by atoms with Gasteiger partial charge in [0, 0.05) is 19.2 Å². The summed E-state index contributed by atoms with van der Waals surface area (Å²) in [6, 6.07) is 3.37. The molecule has 0 aromatic carbocycles. The maximum atomic E-state index is 11.4. The summed E-state index contributed by atoms with van der Waals surface area (Å²) in [6.45, 7) is 4.95. The van der Waals surface area contributed by atoms with Crippen molar-refractivity contribution >= 4 is 12.0 Å². The number of hydrogen-bond donors (Lipinski definition) is 0. The molecular weight excluding hydrogens is 178 g/mol. The van der Waals surface area contributed by atoms with Crippen LogP contribution in [0.15, 0.2) is 27.8 Å². The third-order valence-corrected chi connectivity index (χ3v) is 1.67. The zero-order valence-electron chi connectivity index (χ0n) is 8.56. The number of carbonyl (C=O) groups is 1. The van der Waals surface area contributed by atoms with Crippen LogP contribution in [-0.4, -0.2) is 18.5 Å². The molecule has 0 saturated heterocycles. The van der Waals surface area contributed by atoms with Crippen molar-refractivity contribution in [2.45, 2.75) is 20.3 Å². The van der Waals surface area contributed by atoms with Crippen LogP contribution in [0.2, 0.25) is 0 Å². The second-order valence-corrected chi connectivity index (χ2v) is 3.55. The molecule has 0 amide bonds. The Morgan fingerprint density at radius 1 is 1.64 bits per heavy atom. The zero-order chi connectivity index (χ0) is 10.4. The van der Waals surface area contributed by atoms with Crippen molar-refractivity contribution in [2.24, 2.45) is 10.9 Å². The van der Waals surface area contributed by atoms with Gasteiger partial charge in [0.15, 0.2) is 5.76 Å². The molecule has 0 N–H and O–H groups in total. The van der Waals surface area contributed by atoms with Crippen LogP contribution in [0.5, 0.6) is 0 Å². The molecule has 76 valence electrons. The van der Waals surface area contributed by atoms with Gasteiger partial charge in [-0.25, -0.2) is 0 Å². The van der Waals surface area contributed by atoms with Crippen LogP contribution in [-0.2, 0) is 0 Å². The fourth-order valence-electron chi connectivity index (χ4n) is 0.971. The molecule has 0 fully saturated rings. The molecule has 3 nitrogen and oxygen atoms in total. The zero-order valence-corrected chi connectivity index (χ0v) is 8.56. The smallest absolute Gasteiger partial charge is 0.203 e. The lowest BCUT2D eigenvalue weighted by Crippen LogP contribution is -1.99. The van der Waals surface area contributed by atoms with Gasteiger partial charge in [-0.2, -0.15) is 0 Å². The average Bonchev–Trinajstić information content (AvgIpc) is 2.64. The largest absolute Gasteiger partial charge is 0.461 e. The normalized spacial score (nSPS) is 11.4. The fourth-order valence-corrected chi connectivity index (χ4v) is 0.971. The van der Waals surface area contributed by atoms with E-state index in [2.05, 4.69) is 18.8 Å². The van der Waals surface area contributed by atoms with Gasteiger partial charge in [0.05, 0.1) is 6.26 Å². The highest BCUT2D eigenvalue weighted by atomic mass is 16.3. The van der Waals surface area contributed by atoms with E-state index in [0.29, 0.717) is 18.1 Å². The number of hydrogen-bond acceptors (Lipinski definition) is 3. The minimum absolute atomic E-state index is 0.0255. The van der Waals surface area contributed by atoms with Gasteiger partial charge in [0.25, 0.3) is 0 Å². The van der Waals surface area contributed by atoms with E-state index in [1.807, 2.05) is 0 Å². The molecule has 1 aromatic rings. The first-order chi connectivity index (χ1) is 6.70. The lowest BCUT2D eigenvalue weighted by molar-refractivity contribution is 0.0975. The van der Waals surface area contributed by atoms with Crippen molar-refractivity contribution in [3.63, 3.8) is 0 Å². The fraction of sp³-hybridized carbons (Fsp3) is 0.455. The van der Waals surface area contributed by atoms with Gasteiger partial charge in [-0.1, -0.05) is 13.8 Å². The van der Waals surface area contributed by atoms with E-state index in [1.165, 1.54) is 6.26 Å². The number of aliphatic imine (C=N–C) groups is 1. The van der Waals surface area contributed by atoms with E-state index < -0.39 is 0 Å². The highest BCUT2D eigenvalue weighted by Crippen LogP contribution is 2.02. The second kappa shape index (κ2) is 5.37. The monoisotopic (exact) mass is 193 g/mol. The molecule has 0 unspecified atom stereocenters. The summed E-state index contributed by atoms with van der Waals surface area (Å²) in [5, 5.41) is 0. The van der Waals surface area contributed by atoms with E-state index in [1.54, 1.807) is 18.3 Å². The van der Waals surface area contributed by atoms with Crippen LogP contribution in [0.4, 0.5) is 0 Å². The predicted molar refractivity (Wildman–Crippen MR) is 55.9 cm³/mol. The lowest BCUT2D eigenvalue weighted by Gasteiger charge is -1.96. The first-order valence-electron chi connectivity index (χ1n) is 4.75. The van der Waals surface area contributed by atoms with Crippen LogP contribution in [0.25, 0.3) is 0 Å². The van der Waals surface area contributed by atoms with Gasteiger partial charge in [0.1, 0.15) is 0 Å². The molecule has 14 heavy (non-hydrogen) atoms. The summed E-state index contributed by atoms with van der Waals surface area (Å²) in [5.41, 5.74) is 0. The summed E-state index contributed by atoms with van der Waals surface area (Å²) in [6.07, 6.45) is 3.48. The molecule has 0 atom stereocenters. The van der Waals surface area contributed by atoms with Gasteiger partial charge < -0.3 is 4.42 Å². The van der Waals surface area contributed by atoms with Crippen LogP contribution in [0, 0.1) is 5.92 Å². The summed E-state index contributed by atoms with van der Waals surface area (Å²) >= 11 is 0. The lowest BCUT2D eigenvalue weighted by atomic mass is 10.2. The number of Topliss-reactive ketones (excluding diaryl/α,β-unsaturated/α-hetero) is 1. The van der Waals surface area contributed by atoms with Crippen molar-refractivity contribution in [3.8, 4) is 0 Å². The maximum absolute atomic E-state index is 11.4. The third kappa shape index (κ3) is 3.56. The molecule has 0 saturated carbocycles. The third-order valence-electron chi connectivity index (χ3n) is 1.67. The average molecular weight is 193 g/mol. The summed E-state index contributed by atoms with van der Waals surface area (Å²) < 4.78 is 4.96. The van der Waals surface area contributed by atoms with Gasteiger partial charge >= 0.3 is 0 Å². The summed E-state index contributed by atoms with van der Waals surface area (Å²) in [7, 11) is 0. The Morgan fingerprint density at radius 3 is 3.00 bits per heavy atom. The van der Waals surface area contributed by atoms with Crippen molar-refractivity contribution in [1.82, 2.24) is 0 Å². The number of ketones is 1. The van der Waals surface area contributed by atoms with E-state index in [0.717, 1.165) is 6.54 Å². The number of nitrogens with zero attached hydrogens (tertiary/aromatic N) is 1. The van der Waals surface area contributed by atoms with Crippen LogP contribution in [0.1, 0.15) is 30.8 Å². The molecule has 0 radical (unpaired) electrons. The Balaban J connectivity index is 2.32. The predicted octanol–water partition coefficient (Wildman–Crippen LogP) is 2.58. The number of furan rings is 1. The molecule has 0 aliphatic rings. The second-order valence-electron chi connectivity index (χ2n) is 3.55. The topological polar surface area (TPSA) is 42.6 Å². The molecule has 0 aliphatic heterocycles. The Kier molecular flexibility index (Phi) is 4.11. The standard InChI is InChI=1S/C11H15NO2/c1-9(2)8-12-6-5-10(13)11-4-3-7-14-11/h3-4,6-7,9H,5,8H2,1-2H3. The van der Waals surface area contributed by atoms with Gasteiger partial charge in [-0.3, -0.25) is 9.79 Å². The molecule has 1 aromatic heterocycles. The molecule has 0 spiro atoms. The Hall–Kier alpha value is -1.38. The minimum atomic E-state index is -0.0255. The Labute approximate surface area is 83.8 Å². The van der Waals surface area contributed by atoms with Gasteiger partial charge in [-0.05, 0) is 18.1 Å². The first kappa shape index (κ1) is 10.7. The molecule has 0 aliphatic carbocycles. The minimum Gasteiger partial charge on any atom is -0.461 e. The van der Waals surface area contributed by atoms with Crippen molar-refractivity contribution in [1.29, 1.82) is 0 Å². The Morgan fingerprint density at radius 2 is 2.43 bits per heavy atom. The number of carbonyl (C=O) groups excluding carboxylic acids is 1. The van der Waals surface area contributed by atoms with Crippen molar-refractivity contribution in [3.05, 3.63) is 24.2 Å². The van der Waals surface area contributed by atoms with Gasteiger partial charge in [0.2, 0.25) is 5.78 Å². The highest BCUT2D eigenvalue weighted by molar-refractivity contribution is 6.01. The van der Waals surface area contributed by atoms with E-state index in [9.17, 15) is 4.79 Å². The van der Waals surface area contributed by atoms with Crippen LogP contribution >= 0.6 is 0 Å². The maximum Gasteiger partial charge on any atom is 0.203 e. The van der Waals surface area contributed by atoms with Crippen molar-refractivity contribution < 1.29 is 9.21 Å². The van der Waals surface area contributed by atoms with Gasteiger partial charge in [-0.15, -0.1) is 0 Å². The van der Waals surface area contributed by atoms with Crippen molar-refractivity contribution in [2.75, 3.05) is 6.54 Å². The Bertz CT molecular complexity index is 299. The quantitative estimate of drug-likeness (QED) is 0.532. The summed E-state index contributed by atoms with van der Waals surface area (Å²) in [4.78, 5) is 15.5. The molecule has 1 heterocycles. The van der Waals surface area contributed by atoms with E-state index in [-0.39, 0.29) is 5.78 Å². The SMILES string of the molecule is CC(C)CN=CCC(=O)c1ccco1. The van der Waals surface area contributed by atoms with Crippen LogP contribution < -0.4 is 0 Å². The summed E-state index contributed by atoms with van der Waals surface area (Å²) in [5.74, 6) is 0.911. The number of rotatable bonds is 5. The molecule has 3 heteroatoms. The molecular formula is C11H15NO2. The first-order valence-corrected chi connectivity index (χ1v) is 4.75. The molecule has 1 rings (SSSR count). The highest BCUT2D eigenvalue weighted by Gasteiger charge is 2.05.